The lowest BCUT2D eigenvalue weighted by molar-refractivity contribution is -0.125. The van der Waals surface area contributed by atoms with E-state index >= 15 is 0 Å². The Kier molecular flexibility index (Phi) is 7.93. The van der Waals surface area contributed by atoms with Crippen LogP contribution in [-0.4, -0.2) is 41.7 Å². The number of amides is 1. The van der Waals surface area contributed by atoms with Crippen molar-refractivity contribution in [1.82, 2.24) is 5.32 Å². The lowest BCUT2D eigenvalue weighted by Crippen LogP contribution is -2.37. The Balaban J connectivity index is 1.63. The number of phenols is 1. The monoisotopic (exact) mass is 517 g/mol. The van der Waals surface area contributed by atoms with Crippen molar-refractivity contribution < 1.29 is 19.5 Å². The lowest BCUT2D eigenvalue weighted by Gasteiger charge is -2.24. The number of benzene rings is 3. The molecule has 37 heavy (non-hydrogen) atoms. The van der Waals surface area contributed by atoms with Crippen LogP contribution in [0.5, 0.6) is 11.5 Å². The number of phenolic OH excluding ortho intramolecular Hbond substituents is 1. The van der Waals surface area contributed by atoms with Crippen molar-refractivity contribution in [2.75, 3.05) is 20.3 Å². The first-order valence-electron chi connectivity index (χ1n) is 11.6. The molecule has 3 aromatic rings. The highest BCUT2D eigenvalue weighted by atomic mass is 32.2. The fourth-order valence-electron chi connectivity index (χ4n) is 4.01. The summed E-state index contributed by atoms with van der Waals surface area (Å²) in [6, 6.07) is 20.9. The number of carbonyl (C=O) groups is 1. The average molecular weight is 518 g/mol. The third-order valence-electron chi connectivity index (χ3n) is 5.81. The summed E-state index contributed by atoms with van der Waals surface area (Å²) in [6.07, 6.45) is 2.01. The molecule has 9 heteroatoms. The van der Waals surface area contributed by atoms with E-state index in [1.165, 1.54) is 7.11 Å². The summed E-state index contributed by atoms with van der Waals surface area (Å²) >= 11 is 0.871. The molecular formula is C28H27N3O5S. The first-order chi connectivity index (χ1) is 17.8. The maximum absolute atomic E-state index is 12.3. The molecule has 0 fully saturated rings. The number of carbonyl (C=O) groups excluding carboxylic acids is 1. The molecule has 0 aromatic heterocycles. The molecule has 1 aliphatic rings. The van der Waals surface area contributed by atoms with Crippen LogP contribution in [0, 0.1) is 4.91 Å². The number of ether oxygens (including phenoxy) is 1. The number of aromatic hydroxyl groups is 1. The van der Waals surface area contributed by atoms with Gasteiger partial charge in [-0.1, -0.05) is 59.8 Å². The molecule has 0 radical (unpaired) electrons. The summed E-state index contributed by atoms with van der Waals surface area (Å²) < 4.78 is 7.48. The zero-order valence-electron chi connectivity index (χ0n) is 20.7. The van der Waals surface area contributed by atoms with Gasteiger partial charge in [0.05, 0.1) is 11.9 Å². The van der Waals surface area contributed by atoms with Crippen LogP contribution >= 0.6 is 11.9 Å². The van der Waals surface area contributed by atoms with Gasteiger partial charge in [0.2, 0.25) is 0 Å². The molecule has 190 valence electrons. The van der Waals surface area contributed by atoms with Crippen LogP contribution < -0.4 is 10.1 Å². The number of hydrogen-bond acceptors (Lipinski definition) is 8. The van der Waals surface area contributed by atoms with E-state index in [9.17, 15) is 14.8 Å². The fraction of sp³-hybridized carbons (Fsp3) is 0.214. The third kappa shape index (κ3) is 6.00. The van der Waals surface area contributed by atoms with Crippen molar-refractivity contribution >= 4 is 35.2 Å². The van der Waals surface area contributed by atoms with E-state index in [4.69, 9.17) is 9.57 Å². The molecule has 0 saturated heterocycles. The molecule has 4 rings (SSSR count). The number of nitrogens with one attached hydrogen (secondary N) is 1. The van der Waals surface area contributed by atoms with Crippen molar-refractivity contribution in [3.8, 4) is 11.5 Å². The zero-order chi connectivity index (χ0) is 26.4. The second kappa shape index (κ2) is 11.3. The van der Waals surface area contributed by atoms with Crippen LogP contribution in [0.15, 0.2) is 76.5 Å². The number of nitrogens with zero attached hydrogens (tertiary/aromatic N) is 2. The van der Waals surface area contributed by atoms with Crippen LogP contribution in [0.2, 0.25) is 0 Å². The van der Waals surface area contributed by atoms with Crippen LogP contribution in [0.4, 0.5) is 0 Å². The molecule has 1 aliphatic carbocycles. The van der Waals surface area contributed by atoms with Crippen LogP contribution in [-0.2, 0) is 9.63 Å². The van der Waals surface area contributed by atoms with Crippen LogP contribution in [0.25, 0.3) is 11.6 Å². The Morgan fingerprint density at radius 2 is 1.65 bits per heavy atom. The number of fused-ring (bicyclic) bond motifs is 2. The molecule has 2 N–H and O–H groups in total. The molecule has 0 spiro atoms. The minimum Gasteiger partial charge on any atom is -0.504 e. The Bertz CT molecular complexity index is 1330. The van der Waals surface area contributed by atoms with Gasteiger partial charge in [-0.2, -0.15) is 0 Å². The summed E-state index contributed by atoms with van der Waals surface area (Å²) in [5.74, 6) is 0.124. The smallest absolute Gasteiger partial charge is 0.260 e. The van der Waals surface area contributed by atoms with Gasteiger partial charge in [-0.3, -0.25) is 4.79 Å². The van der Waals surface area contributed by atoms with Gasteiger partial charge in [-0.15, -0.1) is 4.91 Å². The number of oxime groups is 1. The minimum absolute atomic E-state index is 0.0626. The summed E-state index contributed by atoms with van der Waals surface area (Å²) in [6.45, 7) is 3.63. The molecule has 0 heterocycles. The quantitative estimate of drug-likeness (QED) is 0.175. The van der Waals surface area contributed by atoms with E-state index in [1.807, 2.05) is 74.5 Å². The molecule has 0 atom stereocenters. The fourth-order valence-corrected chi connectivity index (χ4v) is 4.35. The summed E-state index contributed by atoms with van der Waals surface area (Å²) in [7, 11) is 1.51. The van der Waals surface area contributed by atoms with Crippen molar-refractivity contribution in [2.45, 2.75) is 18.6 Å². The number of methoxy groups -OCH3 is 1. The molecule has 0 bridgehead atoms. The minimum atomic E-state index is -0.520. The highest BCUT2D eigenvalue weighted by molar-refractivity contribution is 7.99. The van der Waals surface area contributed by atoms with Crippen LogP contribution in [0.3, 0.4) is 0 Å². The molecule has 8 nitrogen and oxygen atoms in total. The van der Waals surface area contributed by atoms with Crippen molar-refractivity contribution in [3.63, 3.8) is 0 Å². The topological polar surface area (TPSA) is 110 Å². The standard InChI is InChI=1S/C28H27N3O5S/c1-28(2,37-31-34)17-29-26(33)16-36-30-27-21-10-6-4-8-19(21)23(20-9-5-7-11-22(20)27)14-18-12-13-25(35-3)24(32)15-18/h4-15,32H,16-17H2,1-3H3,(H,29,33). The van der Waals surface area contributed by atoms with Gasteiger partial charge in [0.15, 0.2) is 18.1 Å². The third-order valence-corrected chi connectivity index (χ3v) is 6.52. The SMILES string of the molecule is COc1ccc(C=C2c3ccccc3C(=NOCC(=O)NCC(C)(C)SN=O)c3ccccc32)cc1O. The van der Waals surface area contributed by atoms with Crippen LogP contribution in [0.1, 0.15) is 41.7 Å². The Labute approximate surface area is 219 Å². The Morgan fingerprint density at radius 1 is 1.03 bits per heavy atom. The van der Waals surface area contributed by atoms with Crippen molar-refractivity contribution in [3.05, 3.63) is 99.5 Å². The predicted molar refractivity (Wildman–Crippen MR) is 147 cm³/mol. The first kappa shape index (κ1) is 26.0. The molecule has 0 aliphatic heterocycles. The highest BCUT2D eigenvalue weighted by Crippen LogP contribution is 2.38. The van der Waals surface area contributed by atoms with Gasteiger partial charge in [0.1, 0.15) is 5.71 Å². The summed E-state index contributed by atoms with van der Waals surface area (Å²) in [5.41, 5.74) is 6.02. The van der Waals surface area contributed by atoms with E-state index in [0.717, 1.165) is 45.3 Å². The number of rotatable bonds is 9. The molecule has 0 unspecified atom stereocenters. The largest absolute Gasteiger partial charge is 0.504 e. The molecule has 3 aromatic carbocycles. The molecule has 1 amide bonds. The van der Waals surface area contributed by atoms with Gasteiger partial charge < -0.3 is 20.0 Å². The predicted octanol–water partition coefficient (Wildman–Crippen LogP) is 5.38. The van der Waals surface area contributed by atoms with E-state index in [-0.39, 0.29) is 24.8 Å². The zero-order valence-corrected chi connectivity index (χ0v) is 21.5. The second-order valence-electron chi connectivity index (χ2n) is 9.00. The normalized spacial score (nSPS) is 12.2. The lowest BCUT2D eigenvalue weighted by atomic mass is 9.80. The Morgan fingerprint density at radius 3 is 2.22 bits per heavy atom. The highest BCUT2D eigenvalue weighted by Gasteiger charge is 2.26. The molecule has 0 saturated carbocycles. The van der Waals surface area contributed by atoms with E-state index < -0.39 is 4.75 Å². The Hall–Kier alpha value is -4.11. The maximum atomic E-state index is 12.3. The summed E-state index contributed by atoms with van der Waals surface area (Å²) in [5, 5.41) is 17.4. The second-order valence-corrected chi connectivity index (χ2v) is 10.4. The summed E-state index contributed by atoms with van der Waals surface area (Å²) in [4.78, 5) is 28.3. The number of hydrogen-bond donors (Lipinski definition) is 2. The van der Waals surface area contributed by atoms with Gasteiger partial charge in [-0.25, -0.2) is 0 Å². The molecular weight excluding hydrogens is 490 g/mol. The average Bonchev–Trinajstić information content (AvgIpc) is 2.89. The van der Waals surface area contributed by atoms with Gasteiger partial charge >= 0.3 is 0 Å². The van der Waals surface area contributed by atoms with E-state index in [1.54, 1.807) is 12.1 Å². The van der Waals surface area contributed by atoms with Gasteiger partial charge in [0, 0.05) is 34.2 Å². The maximum Gasteiger partial charge on any atom is 0.260 e. The van der Waals surface area contributed by atoms with E-state index in [2.05, 4.69) is 15.1 Å². The van der Waals surface area contributed by atoms with E-state index in [0.29, 0.717) is 11.5 Å². The first-order valence-corrected chi connectivity index (χ1v) is 12.4. The van der Waals surface area contributed by atoms with Gasteiger partial charge in [0.25, 0.3) is 5.91 Å². The van der Waals surface area contributed by atoms with Crippen molar-refractivity contribution in [2.24, 2.45) is 9.74 Å². The van der Waals surface area contributed by atoms with Crippen molar-refractivity contribution in [1.29, 1.82) is 0 Å². The van der Waals surface area contributed by atoms with Gasteiger partial charge in [-0.05, 0) is 54.3 Å². The number of nitroso groups, excluding NO2 is 1.